The largest absolute Gasteiger partial charge is 0.375 e. The molecule has 2 rings (SSSR count). The normalized spacial score (nSPS) is 11.5. The van der Waals surface area contributed by atoms with Crippen LogP contribution < -0.4 is 10.2 Å². The highest BCUT2D eigenvalue weighted by atomic mass is 32.2. The molecule has 0 aliphatic heterocycles. The van der Waals surface area contributed by atoms with Crippen molar-refractivity contribution in [3.8, 4) is 0 Å². The number of rotatable bonds is 7. The minimum atomic E-state index is -3.49. The quantitative estimate of drug-likeness (QED) is 0.570. The van der Waals surface area contributed by atoms with E-state index in [-0.39, 0.29) is 10.6 Å². The van der Waals surface area contributed by atoms with E-state index >= 15 is 0 Å². The number of hydrogen-bond donors (Lipinski definition) is 2. The van der Waals surface area contributed by atoms with E-state index in [9.17, 15) is 18.5 Å². The fraction of sp³-hybridized carbons (Fsp3) is 0.294. The SMILES string of the molecule is C[NH+](C)Cc1ccc(CNc2ccc(S(C)(=O)=O)cc2[N+](=O)[O-])cc1. The van der Waals surface area contributed by atoms with E-state index in [0.717, 1.165) is 24.4 Å². The van der Waals surface area contributed by atoms with Crippen molar-refractivity contribution in [3.05, 3.63) is 63.7 Å². The Morgan fingerprint density at radius 2 is 1.68 bits per heavy atom. The number of nitrogens with zero attached hydrogens (tertiary/aromatic N) is 1. The number of anilines is 1. The van der Waals surface area contributed by atoms with Crippen molar-refractivity contribution in [2.24, 2.45) is 0 Å². The Morgan fingerprint density at radius 1 is 1.08 bits per heavy atom. The molecule has 134 valence electrons. The summed E-state index contributed by atoms with van der Waals surface area (Å²) in [6.07, 6.45) is 1.02. The van der Waals surface area contributed by atoms with E-state index in [1.54, 1.807) is 0 Å². The smallest absolute Gasteiger partial charge is 0.293 e. The summed E-state index contributed by atoms with van der Waals surface area (Å²) in [6.45, 7) is 1.33. The van der Waals surface area contributed by atoms with Gasteiger partial charge in [-0.05, 0) is 17.7 Å². The summed E-state index contributed by atoms with van der Waals surface area (Å²) in [4.78, 5) is 11.9. The first-order chi connectivity index (χ1) is 11.7. The van der Waals surface area contributed by atoms with Crippen molar-refractivity contribution in [3.63, 3.8) is 0 Å². The molecule has 0 saturated carbocycles. The summed E-state index contributed by atoms with van der Waals surface area (Å²) in [7, 11) is 0.665. The topological polar surface area (TPSA) is 93.8 Å². The van der Waals surface area contributed by atoms with Gasteiger partial charge in [0.15, 0.2) is 9.84 Å². The third-order valence-corrected chi connectivity index (χ3v) is 4.77. The fourth-order valence-electron chi connectivity index (χ4n) is 2.42. The van der Waals surface area contributed by atoms with Crippen LogP contribution in [0.1, 0.15) is 11.1 Å². The molecule has 0 saturated heterocycles. The highest BCUT2D eigenvalue weighted by molar-refractivity contribution is 7.90. The number of benzene rings is 2. The Hall–Kier alpha value is -2.45. The van der Waals surface area contributed by atoms with Gasteiger partial charge in [0.05, 0.1) is 23.9 Å². The molecule has 0 unspecified atom stereocenters. The number of nitro benzene ring substituents is 1. The van der Waals surface area contributed by atoms with Gasteiger partial charge >= 0.3 is 0 Å². The van der Waals surface area contributed by atoms with Crippen LogP contribution in [0.15, 0.2) is 47.4 Å². The van der Waals surface area contributed by atoms with Gasteiger partial charge in [-0.3, -0.25) is 10.1 Å². The van der Waals surface area contributed by atoms with Gasteiger partial charge in [0.1, 0.15) is 12.2 Å². The Kier molecular flexibility index (Phi) is 5.76. The Morgan fingerprint density at radius 3 is 2.20 bits per heavy atom. The fourth-order valence-corrected chi connectivity index (χ4v) is 3.06. The van der Waals surface area contributed by atoms with Gasteiger partial charge in [-0.2, -0.15) is 0 Å². The summed E-state index contributed by atoms with van der Waals surface area (Å²) >= 11 is 0. The van der Waals surface area contributed by atoms with Gasteiger partial charge in [-0.15, -0.1) is 0 Å². The van der Waals surface area contributed by atoms with Crippen molar-refractivity contribution in [2.75, 3.05) is 25.7 Å². The van der Waals surface area contributed by atoms with Crippen molar-refractivity contribution in [1.82, 2.24) is 0 Å². The maximum atomic E-state index is 11.6. The van der Waals surface area contributed by atoms with Gasteiger partial charge in [-0.1, -0.05) is 24.3 Å². The predicted molar refractivity (Wildman–Crippen MR) is 96.5 cm³/mol. The first-order valence-corrected chi connectivity index (χ1v) is 9.65. The van der Waals surface area contributed by atoms with Gasteiger partial charge in [0.25, 0.3) is 5.69 Å². The van der Waals surface area contributed by atoms with E-state index in [1.165, 1.54) is 22.6 Å². The van der Waals surface area contributed by atoms with Crippen molar-refractivity contribution in [1.29, 1.82) is 0 Å². The van der Waals surface area contributed by atoms with E-state index < -0.39 is 14.8 Å². The van der Waals surface area contributed by atoms with Crippen LogP contribution in [0.3, 0.4) is 0 Å². The van der Waals surface area contributed by atoms with Gasteiger partial charge in [0.2, 0.25) is 0 Å². The van der Waals surface area contributed by atoms with Crippen molar-refractivity contribution in [2.45, 2.75) is 18.0 Å². The van der Waals surface area contributed by atoms with Crippen LogP contribution in [-0.2, 0) is 22.9 Å². The molecule has 8 heteroatoms. The molecule has 0 radical (unpaired) electrons. The van der Waals surface area contributed by atoms with Crippen molar-refractivity contribution >= 4 is 21.2 Å². The first kappa shape index (κ1) is 18.9. The molecular weight excluding hydrogens is 342 g/mol. The predicted octanol–water partition coefficient (Wildman–Crippen LogP) is 1.25. The molecule has 0 atom stereocenters. The Bertz CT molecular complexity index is 862. The van der Waals surface area contributed by atoms with Crippen LogP contribution in [-0.4, -0.2) is 33.7 Å². The van der Waals surface area contributed by atoms with Crippen LogP contribution in [0.25, 0.3) is 0 Å². The third kappa shape index (κ3) is 5.27. The van der Waals surface area contributed by atoms with E-state index in [1.807, 2.05) is 24.3 Å². The molecule has 0 aliphatic carbocycles. The second-order valence-electron chi connectivity index (χ2n) is 6.26. The average molecular weight is 364 g/mol. The molecule has 0 bridgehead atoms. The highest BCUT2D eigenvalue weighted by Gasteiger charge is 2.18. The molecule has 0 spiro atoms. The Balaban J connectivity index is 2.16. The van der Waals surface area contributed by atoms with E-state index in [4.69, 9.17) is 0 Å². The van der Waals surface area contributed by atoms with Crippen LogP contribution in [0.2, 0.25) is 0 Å². The lowest BCUT2D eigenvalue weighted by Crippen LogP contribution is -3.04. The maximum Gasteiger partial charge on any atom is 0.293 e. The molecule has 7 nitrogen and oxygen atoms in total. The molecule has 2 aromatic carbocycles. The van der Waals surface area contributed by atoms with Crippen LogP contribution in [0.4, 0.5) is 11.4 Å². The Labute approximate surface area is 147 Å². The molecule has 0 heterocycles. The number of sulfone groups is 1. The number of nitro groups is 1. The standard InChI is InChI=1S/C17H21N3O4S/c1-19(2)12-14-6-4-13(5-7-14)11-18-16-9-8-15(25(3,23)24)10-17(16)20(21)22/h4-10,18H,11-12H2,1-3H3/p+1. The molecule has 0 amide bonds. The first-order valence-electron chi connectivity index (χ1n) is 7.76. The minimum Gasteiger partial charge on any atom is -0.375 e. The molecule has 2 aromatic rings. The lowest BCUT2D eigenvalue weighted by Gasteiger charge is -2.10. The second kappa shape index (κ2) is 7.62. The molecule has 0 aromatic heterocycles. The highest BCUT2D eigenvalue weighted by Crippen LogP contribution is 2.28. The molecular formula is C17H22N3O4S+. The van der Waals surface area contributed by atoms with Gasteiger partial charge < -0.3 is 10.2 Å². The summed E-state index contributed by atoms with van der Waals surface area (Å²) in [5.74, 6) is 0. The zero-order valence-corrected chi connectivity index (χ0v) is 15.3. The zero-order chi connectivity index (χ0) is 18.6. The van der Waals surface area contributed by atoms with E-state index in [2.05, 4.69) is 19.4 Å². The minimum absolute atomic E-state index is 0.0692. The van der Waals surface area contributed by atoms with E-state index in [0.29, 0.717) is 12.2 Å². The van der Waals surface area contributed by atoms with Crippen LogP contribution >= 0.6 is 0 Å². The van der Waals surface area contributed by atoms with Crippen molar-refractivity contribution < 1.29 is 18.2 Å². The average Bonchev–Trinajstić information content (AvgIpc) is 2.52. The lowest BCUT2D eigenvalue weighted by molar-refractivity contribution is -0.872. The molecule has 2 N–H and O–H groups in total. The summed E-state index contributed by atoms with van der Waals surface area (Å²) < 4.78 is 23.1. The monoisotopic (exact) mass is 364 g/mol. The summed E-state index contributed by atoms with van der Waals surface area (Å²) in [6, 6.07) is 11.9. The van der Waals surface area contributed by atoms with Crippen LogP contribution in [0, 0.1) is 10.1 Å². The molecule has 0 fully saturated rings. The molecule has 25 heavy (non-hydrogen) atoms. The number of quaternary nitrogens is 1. The summed E-state index contributed by atoms with van der Waals surface area (Å²) in [5.41, 5.74) is 2.24. The van der Waals surface area contributed by atoms with Gasteiger partial charge in [-0.25, -0.2) is 8.42 Å². The maximum absolute atomic E-state index is 11.6. The summed E-state index contributed by atoms with van der Waals surface area (Å²) in [5, 5.41) is 14.2. The number of hydrogen-bond acceptors (Lipinski definition) is 5. The zero-order valence-electron chi connectivity index (χ0n) is 14.4. The second-order valence-corrected chi connectivity index (χ2v) is 8.28. The van der Waals surface area contributed by atoms with Gasteiger partial charge in [0, 0.05) is 24.4 Å². The number of nitrogens with one attached hydrogen (secondary N) is 2. The molecule has 0 aliphatic rings. The van der Waals surface area contributed by atoms with Crippen LogP contribution in [0.5, 0.6) is 0 Å². The lowest BCUT2D eigenvalue weighted by atomic mass is 10.1. The third-order valence-electron chi connectivity index (χ3n) is 3.66.